The van der Waals surface area contributed by atoms with E-state index in [1.165, 1.54) is 63.4 Å². The molecule has 0 N–H and O–H groups in total. The van der Waals surface area contributed by atoms with Gasteiger partial charge in [0, 0.05) is 0 Å². The smallest absolute Gasteiger partial charge is 0.289 e. The van der Waals surface area contributed by atoms with Crippen LogP contribution in [0, 0.1) is 23.7 Å². The van der Waals surface area contributed by atoms with Gasteiger partial charge in [0.1, 0.15) is 0 Å². The predicted molar refractivity (Wildman–Crippen MR) is 108 cm³/mol. The molecule has 0 amide bonds. The van der Waals surface area contributed by atoms with Gasteiger partial charge < -0.3 is 0 Å². The second kappa shape index (κ2) is 10.3. The van der Waals surface area contributed by atoms with Crippen LogP contribution in [0.2, 0.25) is 0 Å². The summed E-state index contributed by atoms with van der Waals surface area (Å²) in [5.41, 5.74) is 1.53. The zero-order chi connectivity index (χ0) is 20.0. The summed E-state index contributed by atoms with van der Waals surface area (Å²) in [5.74, 6) is 3.16. The van der Waals surface area contributed by atoms with Crippen LogP contribution in [0.3, 0.4) is 0 Å². The fourth-order valence-corrected chi connectivity index (χ4v) is 5.86. The third kappa shape index (κ3) is 6.64. The molecule has 3 aliphatic carbocycles. The molecule has 0 aromatic rings. The first kappa shape index (κ1) is 21.9. The van der Waals surface area contributed by atoms with E-state index >= 15 is 0 Å². The highest BCUT2D eigenvalue weighted by molar-refractivity contribution is 5.12. The Labute approximate surface area is 168 Å². The maximum Gasteiger partial charge on any atom is 0.522 e. The summed E-state index contributed by atoms with van der Waals surface area (Å²) in [6, 6.07) is 0. The minimum Gasteiger partial charge on any atom is -0.289 e. The van der Waals surface area contributed by atoms with Crippen LogP contribution in [-0.4, -0.2) is 12.5 Å². The van der Waals surface area contributed by atoms with Crippen LogP contribution >= 0.6 is 0 Å². The van der Waals surface area contributed by atoms with Crippen LogP contribution < -0.4 is 0 Å². The quantitative estimate of drug-likeness (QED) is 0.412. The van der Waals surface area contributed by atoms with E-state index < -0.39 is 12.5 Å². The summed E-state index contributed by atoms with van der Waals surface area (Å²) in [5, 5.41) is 0. The third-order valence-corrected chi connectivity index (χ3v) is 7.52. The van der Waals surface area contributed by atoms with Gasteiger partial charge >= 0.3 is 6.36 Å². The number of alkyl halides is 3. The van der Waals surface area contributed by atoms with Gasteiger partial charge in [0.15, 0.2) is 0 Å². The normalized spacial score (nSPS) is 35.1. The van der Waals surface area contributed by atoms with E-state index in [9.17, 15) is 13.2 Å². The van der Waals surface area contributed by atoms with Crippen molar-refractivity contribution in [3.8, 4) is 0 Å². The van der Waals surface area contributed by atoms with E-state index in [1.807, 2.05) is 0 Å². The van der Waals surface area contributed by atoms with Crippen molar-refractivity contribution in [2.45, 2.75) is 103 Å². The average Bonchev–Trinajstić information content (AvgIpc) is 2.68. The van der Waals surface area contributed by atoms with Crippen molar-refractivity contribution in [3.05, 3.63) is 23.8 Å². The molecule has 0 aliphatic heterocycles. The van der Waals surface area contributed by atoms with Crippen LogP contribution in [-0.2, 0) is 4.74 Å². The first-order valence-corrected chi connectivity index (χ1v) is 11.5. The van der Waals surface area contributed by atoms with Crippen LogP contribution in [0.15, 0.2) is 23.8 Å². The average molecular weight is 399 g/mol. The molecule has 28 heavy (non-hydrogen) atoms. The van der Waals surface area contributed by atoms with E-state index in [-0.39, 0.29) is 0 Å². The van der Waals surface area contributed by atoms with Crippen molar-refractivity contribution < 1.29 is 17.9 Å². The van der Waals surface area contributed by atoms with E-state index in [4.69, 9.17) is 0 Å². The molecule has 3 aliphatic rings. The molecule has 2 saturated carbocycles. The lowest BCUT2D eigenvalue weighted by Crippen LogP contribution is -2.29. The number of halogens is 3. The molecule has 160 valence electrons. The highest BCUT2D eigenvalue weighted by Gasteiger charge is 2.36. The number of allylic oxidation sites excluding steroid dienone is 4. The molecule has 0 spiro atoms. The predicted octanol–water partition coefficient (Wildman–Crippen LogP) is 7.97. The second-order valence-electron chi connectivity index (χ2n) is 9.28. The van der Waals surface area contributed by atoms with Crippen molar-refractivity contribution in [1.82, 2.24) is 0 Å². The molecule has 1 nitrogen and oxygen atoms in total. The van der Waals surface area contributed by atoms with E-state index in [2.05, 4.69) is 29.9 Å². The number of hydrogen-bond acceptors (Lipinski definition) is 1. The first-order chi connectivity index (χ1) is 13.4. The highest BCUT2D eigenvalue weighted by Crippen LogP contribution is 2.43. The Morgan fingerprint density at radius 3 is 2.25 bits per heavy atom. The summed E-state index contributed by atoms with van der Waals surface area (Å²) in [6.45, 7) is 2.10. The first-order valence-electron chi connectivity index (χ1n) is 11.5. The molecular weight excluding hydrogens is 361 g/mol. The van der Waals surface area contributed by atoms with Gasteiger partial charge in [-0.05, 0) is 101 Å². The third-order valence-electron chi connectivity index (χ3n) is 7.52. The second-order valence-corrected chi connectivity index (χ2v) is 9.28. The van der Waals surface area contributed by atoms with Gasteiger partial charge in [0.05, 0.1) is 6.10 Å². The van der Waals surface area contributed by atoms with Crippen LogP contribution in [0.1, 0.15) is 90.4 Å². The van der Waals surface area contributed by atoms with Gasteiger partial charge in [-0.2, -0.15) is 0 Å². The molecule has 1 unspecified atom stereocenters. The molecule has 0 radical (unpaired) electrons. The summed E-state index contributed by atoms with van der Waals surface area (Å²) in [7, 11) is 0. The summed E-state index contributed by atoms with van der Waals surface area (Å²) < 4.78 is 41.4. The Bertz CT molecular complexity index is 520. The largest absolute Gasteiger partial charge is 0.522 e. The zero-order valence-electron chi connectivity index (χ0n) is 17.4. The fourth-order valence-electron chi connectivity index (χ4n) is 5.86. The van der Waals surface area contributed by atoms with Crippen molar-refractivity contribution in [1.29, 1.82) is 0 Å². The molecule has 4 heteroatoms. The van der Waals surface area contributed by atoms with Crippen molar-refractivity contribution in [3.63, 3.8) is 0 Å². The van der Waals surface area contributed by atoms with Gasteiger partial charge in [-0.1, -0.05) is 36.6 Å². The monoisotopic (exact) mass is 398 g/mol. The maximum atomic E-state index is 12.4. The van der Waals surface area contributed by atoms with E-state index in [0.29, 0.717) is 18.8 Å². The Morgan fingerprint density at radius 1 is 0.964 bits per heavy atom. The molecule has 0 aromatic carbocycles. The Hall–Kier alpha value is -0.770. The van der Waals surface area contributed by atoms with Gasteiger partial charge in [-0.15, -0.1) is 13.2 Å². The molecule has 0 saturated heterocycles. The number of hydrogen-bond donors (Lipinski definition) is 0. The molecule has 1 atom stereocenters. The lowest BCUT2D eigenvalue weighted by molar-refractivity contribution is -0.345. The molecule has 0 bridgehead atoms. The van der Waals surface area contributed by atoms with Crippen LogP contribution in [0.4, 0.5) is 13.2 Å². The highest BCUT2D eigenvalue weighted by atomic mass is 19.4. The summed E-state index contributed by atoms with van der Waals surface area (Å²) in [4.78, 5) is 0. The van der Waals surface area contributed by atoms with Gasteiger partial charge in [0.25, 0.3) is 0 Å². The molecule has 0 heterocycles. The lowest BCUT2D eigenvalue weighted by Gasteiger charge is -2.37. The summed E-state index contributed by atoms with van der Waals surface area (Å²) >= 11 is 0. The molecule has 2 fully saturated rings. The van der Waals surface area contributed by atoms with Crippen molar-refractivity contribution in [2.24, 2.45) is 23.7 Å². The molecule has 3 rings (SSSR count). The SMILES string of the molecule is C/C=C/CCC1CCC(C2CC=C(C3CCC(OC(F)(F)F)CC3)CC2)CC1. The lowest BCUT2D eigenvalue weighted by atomic mass is 9.69. The van der Waals surface area contributed by atoms with Gasteiger partial charge in [-0.3, -0.25) is 4.74 Å². The minimum absolute atomic E-state index is 0.497. The Morgan fingerprint density at radius 2 is 1.68 bits per heavy atom. The topological polar surface area (TPSA) is 9.23 Å². The standard InChI is InChI=1S/C24H37F3O/c1-2-3-4-5-18-6-8-19(9-7-18)20-10-12-21(13-11-20)22-14-16-23(17-15-22)28-24(25,26)27/h2-3,12,18-20,22-23H,4-11,13-17H2,1H3/b3-2+. The van der Waals surface area contributed by atoms with E-state index in [1.54, 1.807) is 0 Å². The fraction of sp³-hybridized carbons (Fsp3) is 0.833. The van der Waals surface area contributed by atoms with Gasteiger partial charge in [-0.25, -0.2) is 0 Å². The Kier molecular flexibility index (Phi) is 8.08. The number of ether oxygens (including phenoxy) is 1. The Balaban J connectivity index is 1.38. The van der Waals surface area contributed by atoms with Crippen molar-refractivity contribution in [2.75, 3.05) is 0 Å². The zero-order valence-corrected chi connectivity index (χ0v) is 17.4. The van der Waals surface area contributed by atoms with E-state index in [0.717, 1.165) is 30.6 Å². The van der Waals surface area contributed by atoms with Crippen LogP contribution in [0.25, 0.3) is 0 Å². The molecular formula is C24H37F3O. The minimum atomic E-state index is -4.49. The summed E-state index contributed by atoms with van der Waals surface area (Å²) in [6.07, 6.45) is 16.4. The van der Waals surface area contributed by atoms with Crippen LogP contribution in [0.5, 0.6) is 0 Å². The number of rotatable bonds is 6. The van der Waals surface area contributed by atoms with Crippen molar-refractivity contribution >= 4 is 0 Å². The van der Waals surface area contributed by atoms with Gasteiger partial charge in [0.2, 0.25) is 0 Å². The maximum absolute atomic E-state index is 12.4. The molecule has 0 aromatic heterocycles.